The van der Waals surface area contributed by atoms with Gasteiger partial charge in [0.15, 0.2) is 5.78 Å². The van der Waals surface area contributed by atoms with Crippen LogP contribution in [0.25, 0.3) is 0 Å². The van der Waals surface area contributed by atoms with Gasteiger partial charge < -0.3 is 15.4 Å². The van der Waals surface area contributed by atoms with Gasteiger partial charge in [-0.25, -0.2) is 0 Å². The molecule has 0 aromatic heterocycles. The monoisotopic (exact) mass is 480 g/mol. The lowest BCUT2D eigenvalue weighted by Crippen LogP contribution is -2.27. The van der Waals surface area contributed by atoms with Crippen LogP contribution < -0.4 is 15.4 Å². The maximum Gasteiger partial charge on any atom is 0.163 e. The lowest BCUT2D eigenvalue weighted by atomic mass is 9.77. The SMILES string of the molecule is CC(C)Oc1ccc(C2Nc3ccccc3NC3=C2C(=O)CC(c2ccc(C(C)(C)C)cc2)C3)cc1. The molecule has 0 fully saturated rings. The maximum absolute atomic E-state index is 13.8. The van der Waals surface area contributed by atoms with Crippen molar-refractivity contribution in [1.29, 1.82) is 0 Å². The Hall–Kier alpha value is -3.53. The summed E-state index contributed by atoms with van der Waals surface area (Å²) in [5.74, 6) is 1.19. The van der Waals surface area contributed by atoms with E-state index in [1.807, 2.05) is 38.1 Å². The van der Waals surface area contributed by atoms with Gasteiger partial charge in [-0.1, -0.05) is 69.3 Å². The highest BCUT2D eigenvalue weighted by atomic mass is 16.5. The van der Waals surface area contributed by atoms with Crippen molar-refractivity contribution in [1.82, 2.24) is 0 Å². The first-order valence-electron chi connectivity index (χ1n) is 12.9. The van der Waals surface area contributed by atoms with Gasteiger partial charge in [0.25, 0.3) is 0 Å². The minimum atomic E-state index is -0.221. The van der Waals surface area contributed by atoms with E-state index >= 15 is 0 Å². The topological polar surface area (TPSA) is 50.4 Å². The summed E-state index contributed by atoms with van der Waals surface area (Å²) in [4.78, 5) is 13.8. The summed E-state index contributed by atoms with van der Waals surface area (Å²) in [6.07, 6.45) is 1.43. The van der Waals surface area contributed by atoms with Crippen molar-refractivity contribution in [2.75, 3.05) is 10.6 Å². The van der Waals surface area contributed by atoms with E-state index in [4.69, 9.17) is 4.74 Å². The highest BCUT2D eigenvalue weighted by molar-refractivity contribution is 6.01. The molecule has 1 aliphatic heterocycles. The highest BCUT2D eigenvalue weighted by Gasteiger charge is 2.36. The van der Waals surface area contributed by atoms with Gasteiger partial charge in [0.1, 0.15) is 5.75 Å². The van der Waals surface area contributed by atoms with E-state index in [0.29, 0.717) is 6.42 Å². The largest absolute Gasteiger partial charge is 0.491 e. The van der Waals surface area contributed by atoms with E-state index in [1.54, 1.807) is 0 Å². The third-order valence-electron chi connectivity index (χ3n) is 7.14. The lowest BCUT2D eigenvalue weighted by Gasteiger charge is -2.30. The van der Waals surface area contributed by atoms with Gasteiger partial charge in [-0.15, -0.1) is 0 Å². The second-order valence-corrected chi connectivity index (χ2v) is 11.3. The number of allylic oxidation sites excluding steroid dienone is 1. The molecule has 0 radical (unpaired) electrons. The predicted octanol–water partition coefficient (Wildman–Crippen LogP) is 7.75. The van der Waals surface area contributed by atoms with E-state index in [-0.39, 0.29) is 29.3 Å². The molecule has 2 unspecified atom stereocenters. The molecule has 1 heterocycles. The van der Waals surface area contributed by atoms with Gasteiger partial charge >= 0.3 is 0 Å². The molecule has 0 saturated heterocycles. The second-order valence-electron chi connectivity index (χ2n) is 11.3. The summed E-state index contributed by atoms with van der Waals surface area (Å²) in [5, 5.41) is 7.30. The first kappa shape index (κ1) is 24.2. The summed E-state index contributed by atoms with van der Waals surface area (Å²) < 4.78 is 5.85. The van der Waals surface area contributed by atoms with Gasteiger partial charge in [0.05, 0.1) is 23.5 Å². The number of carbonyl (C=O) groups is 1. The van der Waals surface area contributed by atoms with Crippen molar-refractivity contribution in [2.45, 2.75) is 70.9 Å². The van der Waals surface area contributed by atoms with E-state index in [1.165, 1.54) is 11.1 Å². The summed E-state index contributed by atoms with van der Waals surface area (Å²) in [6, 6.07) is 24.9. The Morgan fingerprint density at radius 1 is 0.833 bits per heavy atom. The van der Waals surface area contributed by atoms with E-state index in [9.17, 15) is 4.79 Å². The van der Waals surface area contributed by atoms with E-state index < -0.39 is 0 Å². The molecule has 186 valence electrons. The Bertz CT molecular complexity index is 1280. The summed E-state index contributed by atoms with van der Waals surface area (Å²) >= 11 is 0. The Balaban J connectivity index is 1.51. The fourth-order valence-corrected chi connectivity index (χ4v) is 5.24. The lowest BCUT2D eigenvalue weighted by molar-refractivity contribution is -0.116. The molecule has 0 saturated carbocycles. The van der Waals surface area contributed by atoms with Gasteiger partial charge in [-0.05, 0) is 72.6 Å². The van der Waals surface area contributed by atoms with Gasteiger partial charge in [-0.2, -0.15) is 0 Å². The zero-order chi connectivity index (χ0) is 25.4. The van der Waals surface area contributed by atoms with Crippen LogP contribution >= 0.6 is 0 Å². The van der Waals surface area contributed by atoms with Crippen LogP contribution in [0.2, 0.25) is 0 Å². The van der Waals surface area contributed by atoms with Gasteiger partial charge in [0, 0.05) is 17.7 Å². The standard InChI is InChI=1S/C32H36N2O2/c1-20(2)36-25-16-12-22(13-17-25)31-30-28(33-26-8-6-7-9-27(26)34-31)18-23(19-29(30)35)21-10-14-24(15-11-21)32(3,4)5/h6-17,20,23,31,33-34H,18-19H2,1-5H3. The number of anilines is 2. The molecule has 1 aliphatic carbocycles. The normalized spacial score (nSPS) is 19.7. The average Bonchev–Trinajstić information content (AvgIpc) is 3.00. The van der Waals surface area contributed by atoms with Crippen LogP contribution in [0.4, 0.5) is 11.4 Å². The Morgan fingerprint density at radius 3 is 2.11 bits per heavy atom. The fraction of sp³-hybridized carbons (Fsp3) is 0.344. The summed E-state index contributed by atoms with van der Waals surface area (Å²) in [6.45, 7) is 10.7. The molecule has 2 atom stereocenters. The van der Waals surface area contributed by atoms with E-state index in [0.717, 1.165) is 40.4 Å². The number of hydrogen-bond donors (Lipinski definition) is 2. The van der Waals surface area contributed by atoms with E-state index in [2.05, 4.69) is 79.9 Å². The molecular formula is C32H36N2O2. The fourth-order valence-electron chi connectivity index (χ4n) is 5.24. The number of hydrogen-bond acceptors (Lipinski definition) is 4. The van der Waals surface area contributed by atoms with Crippen molar-refractivity contribution >= 4 is 17.2 Å². The zero-order valence-electron chi connectivity index (χ0n) is 21.9. The second kappa shape index (κ2) is 9.50. The third kappa shape index (κ3) is 4.90. The number of Topliss-reactive ketones (excluding diaryl/α,β-unsaturated/α-hetero) is 1. The van der Waals surface area contributed by atoms with Crippen LogP contribution in [0, 0.1) is 0 Å². The zero-order valence-corrected chi connectivity index (χ0v) is 21.9. The van der Waals surface area contributed by atoms with Crippen molar-refractivity contribution in [3.05, 3.63) is 101 Å². The van der Waals surface area contributed by atoms with Crippen molar-refractivity contribution in [3.8, 4) is 5.75 Å². The first-order valence-corrected chi connectivity index (χ1v) is 12.9. The molecule has 4 heteroatoms. The smallest absolute Gasteiger partial charge is 0.163 e. The molecule has 5 rings (SSSR count). The van der Waals surface area contributed by atoms with Gasteiger partial charge in [0.2, 0.25) is 0 Å². The van der Waals surface area contributed by atoms with Crippen molar-refractivity contribution < 1.29 is 9.53 Å². The quantitative estimate of drug-likeness (QED) is 0.401. The molecule has 2 N–H and O–H groups in total. The van der Waals surface area contributed by atoms with Crippen LogP contribution in [-0.2, 0) is 10.2 Å². The molecule has 0 amide bonds. The summed E-state index contributed by atoms with van der Waals surface area (Å²) in [5.41, 5.74) is 7.55. The number of para-hydroxylation sites is 2. The Morgan fingerprint density at radius 2 is 1.47 bits per heavy atom. The minimum Gasteiger partial charge on any atom is -0.491 e. The molecule has 2 aliphatic rings. The van der Waals surface area contributed by atoms with Crippen LogP contribution in [0.3, 0.4) is 0 Å². The number of carbonyl (C=O) groups excluding carboxylic acids is 1. The van der Waals surface area contributed by atoms with Crippen molar-refractivity contribution in [3.63, 3.8) is 0 Å². The first-order chi connectivity index (χ1) is 17.2. The number of rotatable bonds is 4. The number of benzene rings is 3. The number of ketones is 1. The number of fused-ring (bicyclic) bond motifs is 1. The minimum absolute atomic E-state index is 0.109. The van der Waals surface area contributed by atoms with Gasteiger partial charge in [-0.3, -0.25) is 4.79 Å². The average molecular weight is 481 g/mol. The predicted molar refractivity (Wildman–Crippen MR) is 148 cm³/mol. The van der Waals surface area contributed by atoms with Crippen LogP contribution in [0.5, 0.6) is 5.75 Å². The molecule has 0 spiro atoms. The van der Waals surface area contributed by atoms with Crippen molar-refractivity contribution in [2.24, 2.45) is 0 Å². The van der Waals surface area contributed by atoms with Crippen LogP contribution in [0.15, 0.2) is 84.1 Å². The molecule has 3 aromatic carbocycles. The number of ether oxygens (including phenoxy) is 1. The third-order valence-corrected chi connectivity index (χ3v) is 7.14. The Labute approximate surface area is 214 Å². The molecule has 36 heavy (non-hydrogen) atoms. The van der Waals surface area contributed by atoms with Crippen LogP contribution in [0.1, 0.15) is 76.1 Å². The Kier molecular flexibility index (Phi) is 6.38. The molecular weight excluding hydrogens is 444 g/mol. The van der Waals surface area contributed by atoms with Crippen LogP contribution in [-0.4, -0.2) is 11.9 Å². The molecule has 3 aromatic rings. The molecule has 0 bridgehead atoms. The summed E-state index contributed by atoms with van der Waals surface area (Å²) in [7, 11) is 0. The molecule has 4 nitrogen and oxygen atoms in total. The maximum atomic E-state index is 13.8. The highest BCUT2D eigenvalue weighted by Crippen LogP contribution is 2.44. The number of nitrogens with one attached hydrogen (secondary N) is 2.